The van der Waals surface area contributed by atoms with Crippen LogP contribution in [0.25, 0.3) is 10.8 Å². The second-order valence-corrected chi connectivity index (χ2v) is 5.86. The van der Waals surface area contributed by atoms with E-state index in [0.717, 1.165) is 36.2 Å². The molecule has 0 bridgehead atoms. The molecule has 1 atom stereocenters. The summed E-state index contributed by atoms with van der Waals surface area (Å²) in [6, 6.07) is 3.99. The number of nitrogens with one attached hydrogen (secondary N) is 1. The Balaban J connectivity index is 1.81. The third kappa shape index (κ3) is 2.48. The molecule has 3 rings (SSSR count). The number of thiazole rings is 1. The van der Waals surface area contributed by atoms with Crippen LogP contribution in [0.3, 0.4) is 0 Å². The van der Waals surface area contributed by atoms with E-state index in [1.807, 2.05) is 36.3 Å². The van der Waals surface area contributed by atoms with Crippen LogP contribution in [0.15, 0.2) is 21.9 Å². The lowest BCUT2D eigenvalue weighted by atomic mass is 10.2. The van der Waals surface area contributed by atoms with Gasteiger partial charge in [0.05, 0.1) is 0 Å². The lowest BCUT2D eigenvalue weighted by Gasteiger charge is -2.33. The highest BCUT2D eigenvalue weighted by Crippen LogP contribution is 2.26. The second kappa shape index (κ2) is 5.38. The Morgan fingerprint density at radius 1 is 1.55 bits per heavy atom. The zero-order valence-electron chi connectivity index (χ0n) is 11.5. The fourth-order valence-corrected chi connectivity index (χ4v) is 3.08. The summed E-state index contributed by atoms with van der Waals surface area (Å²) in [6.45, 7) is 6.34. The van der Waals surface area contributed by atoms with Gasteiger partial charge in [0.25, 0.3) is 5.91 Å². The molecule has 0 unspecified atom stereocenters. The van der Waals surface area contributed by atoms with Crippen molar-refractivity contribution in [2.75, 3.05) is 19.6 Å². The van der Waals surface area contributed by atoms with E-state index in [1.54, 1.807) is 0 Å². The van der Waals surface area contributed by atoms with Gasteiger partial charge in [-0.05, 0) is 26.0 Å². The first kappa shape index (κ1) is 13.3. The monoisotopic (exact) mass is 291 g/mol. The van der Waals surface area contributed by atoms with Crippen molar-refractivity contribution in [2.45, 2.75) is 19.9 Å². The molecule has 0 aliphatic carbocycles. The summed E-state index contributed by atoms with van der Waals surface area (Å²) in [5, 5.41) is 5.84. The van der Waals surface area contributed by atoms with E-state index < -0.39 is 0 Å². The first-order chi connectivity index (χ1) is 9.65. The standard InChI is InChI=1S/C14H17N3O2S/c1-9-7-15-5-6-17(9)14(18)11-8-20-13(16-11)12-4-3-10(2)19-12/h3-4,8-9,15H,5-7H2,1-2H3/t9-/m1/s1. The van der Waals surface area contributed by atoms with Crippen molar-refractivity contribution in [3.8, 4) is 10.8 Å². The van der Waals surface area contributed by atoms with Crippen LogP contribution in [0.4, 0.5) is 0 Å². The van der Waals surface area contributed by atoms with Crippen molar-refractivity contribution >= 4 is 17.2 Å². The second-order valence-electron chi connectivity index (χ2n) is 5.00. The maximum absolute atomic E-state index is 12.5. The molecule has 0 radical (unpaired) electrons. The Kier molecular flexibility index (Phi) is 3.58. The maximum atomic E-state index is 12.5. The quantitative estimate of drug-likeness (QED) is 0.921. The molecule has 106 valence electrons. The summed E-state index contributed by atoms with van der Waals surface area (Å²) in [5.41, 5.74) is 0.507. The summed E-state index contributed by atoms with van der Waals surface area (Å²) in [4.78, 5) is 18.8. The molecule has 3 heterocycles. The fourth-order valence-electron chi connectivity index (χ4n) is 2.32. The number of furan rings is 1. The minimum Gasteiger partial charge on any atom is -0.459 e. The number of hydrogen-bond donors (Lipinski definition) is 1. The van der Waals surface area contributed by atoms with Gasteiger partial charge in [0.15, 0.2) is 10.8 Å². The van der Waals surface area contributed by atoms with Gasteiger partial charge in [-0.15, -0.1) is 11.3 Å². The van der Waals surface area contributed by atoms with Crippen molar-refractivity contribution in [1.29, 1.82) is 0 Å². The van der Waals surface area contributed by atoms with Crippen LogP contribution < -0.4 is 5.32 Å². The number of rotatable bonds is 2. The van der Waals surface area contributed by atoms with Crippen molar-refractivity contribution in [1.82, 2.24) is 15.2 Å². The largest absolute Gasteiger partial charge is 0.459 e. The molecule has 1 saturated heterocycles. The van der Waals surface area contributed by atoms with E-state index in [2.05, 4.69) is 10.3 Å². The summed E-state index contributed by atoms with van der Waals surface area (Å²) in [6.07, 6.45) is 0. The van der Waals surface area contributed by atoms with Gasteiger partial charge in [0.1, 0.15) is 11.5 Å². The molecule has 0 aromatic carbocycles. The van der Waals surface area contributed by atoms with Gasteiger partial charge in [0, 0.05) is 31.1 Å². The smallest absolute Gasteiger partial charge is 0.273 e. The number of piperazine rings is 1. The van der Waals surface area contributed by atoms with Gasteiger partial charge >= 0.3 is 0 Å². The number of amides is 1. The van der Waals surface area contributed by atoms with E-state index >= 15 is 0 Å². The SMILES string of the molecule is Cc1ccc(-c2nc(C(=O)N3CCNC[C@H]3C)cs2)o1. The molecule has 20 heavy (non-hydrogen) atoms. The van der Waals surface area contributed by atoms with E-state index in [4.69, 9.17) is 4.42 Å². The Morgan fingerprint density at radius 2 is 2.40 bits per heavy atom. The molecule has 0 spiro atoms. The number of carbonyl (C=O) groups excluding carboxylic acids is 1. The van der Waals surface area contributed by atoms with Gasteiger partial charge in [-0.25, -0.2) is 4.98 Å². The minimum atomic E-state index is 0.00442. The topological polar surface area (TPSA) is 58.4 Å². The zero-order valence-corrected chi connectivity index (χ0v) is 12.4. The number of hydrogen-bond acceptors (Lipinski definition) is 5. The highest BCUT2D eigenvalue weighted by molar-refractivity contribution is 7.13. The van der Waals surface area contributed by atoms with Crippen LogP contribution in [0, 0.1) is 6.92 Å². The lowest BCUT2D eigenvalue weighted by Crippen LogP contribution is -2.52. The third-order valence-corrected chi connectivity index (χ3v) is 4.29. The van der Waals surface area contributed by atoms with E-state index in [9.17, 15) is 4.79 Å². The van der Waals surface area contributed by atoms with Crippen molar-refractivity contribution in [3.05, 3.63) is 29.0 Å². The average molecular weight is 291 g/mol. The summed E-state index contributed by atoms with van der Waals surface area (Å²) in [7, 11) is 0. The molecular weight excluding hydrogens is 274 g/mol. The van der Waals surface area contributed by atoms with E-state index in [-0.39, 0.29) is 11.9 Å². The van der Waals surface area contributed by atoms with Crippen LogP contribution in [0.1, 0.15) is 23.2 Å². The van der Waals surface area contributed by atoms with Gasteiger partial charge in [-0.3, -0.25) is 4.79 Å². The summed E-state index contributed by atoms with van der Waals surface area (Å²) < 4.78 is 5.54. The van der Waals surface area contributed by atoms with Crippen LogP contribution in [-0.4, -0.2) is 41.5 Å². The van der Waals surface area contributed by atoms with Crippen molar-refractivity contribution in [2.24, 2.45) is 0 Å². The first-order valence-electron chi connectivity index (χ1n) is 6.69. The highest BCUT2D eigenvalue weighted by Gasteiger charge is 2.26. The lowest BCUT2D eigenvalue weighted by molar-refractivity contribution is 0.0650. The highest BCUT2D eigenvalue weighted by atomic mass is 32.1. The van der Waals surface area contributed by atoms with Crippen LogP contribution in [0.2, 0.25) is 0 Å². The van der Waals surface area contributed by atoms with Gasteiger partial charge < -0.3 is 14.6 Å². The molecule has 1 aliphatic rings. The number of nitrogens with zero attached hydrogens (tertiary/aromatic N) is 2. The molecule has 1 amide bonds. The molecule has 1 N–H and O–H groups in total. The zero-order chi connectivity index (χ0) is 14.1. The molecule has 2 aromatic heterocycles. The Hall–Kier alpha value is -1.66. The van der Waals surface area contributed by atoms with Crippen molar-refractivity contribution in [3.63, 3.8) is 0 Å². The molecule has 2 aromatic rings. The number of carbonyl (C=O) groups is 1. The summed E-state index contributed by atoms with van der Waals surface area (Å²) in [5.74, 6) is 1.57. The normalized spacial score (nSPS) is 19.3. The number of aromatic nitrogens is 1. The van der Waals surface area contributed by atoms with Gasteiger partial charge in [0.2, 0.25) is 0 Å². The van der Waals surface area contributed by atoms with Crippen LogP contribution >= 0.6 is 11.3 Å². The Morgan fingerprint density at radius 3 is 3.10 bits per heavy atom. The van der Waals surface area contributed by atoms with Gasteiger partial charge in [-0.1, -0.05) is 0 Å². The third-order valence-electron chi connectivity index (χ3n) is 3.44. The minimum absolute atomic E-state index is 0.00442. The average Bonchev–Trinajstić information content (AvgIpc) is 3.07. The molecule has 6 heteroatoms. The molecule has 5 nitrogen and oxygen atoms in total. The molecule has 0 saturated carbocycles. The predicted octanol–water partition coefficient (Wildman–Crippen LogP) is 2.15. The number of aryl methyl sites for hydroxylation is 1. The molecular formula is C14H17N3O2S. The molecule has 1 aliphatic heterocycles. The van der Waals surface area contributed by atoms with Crippen molar-refractivity contribution < 1.29 is 9.21 Å². The van der Waals surface area contributed by atoms with E-state index in [1.165, 1.54) is 11.3 Å². The van der Waals surface area contributed by atoms with Crippen LogP contribution in [0.5, 0.6) is 0 Å². The Labute approximate surface area is 121 Å². The molecule has 1 fully saturated rings. The van der Waals surface area contributed by atoms with Gasteiger partial charge in [-0.2, -0.15) is 0 Å². The predicted molar refractivity (Wildman–Crippen MR) is 77.9 cm³/mol. The van der Waals surface area contributed by atoms with E-state index in [0.29, 0.717) is 5.69 Å². The fraction of sp³-hybridized carbons (Fsp3) is 0.429. The Bertz CT molecular complexity index is 619. The first-order valence-corrected chi connectivity index (χ1v) is 7.57. The van der Waals surface area contributed by atoms with Crippen LogP contribution in [-0.2, 0) is 0 Å². The maximum Gasteiger partial charge on any atom is 0.273 e. The summed E-state index contributed by atoms with van der Waals surface area (Å²) >= 11 is 1.44.